The molecule has 0 saturated carbocycles. The molecule has 1 aliphatic heterocycles. The van der Waals surface area contributed by atoms with Crippen molar-refractivity contribution in [2.75, 3.05) is 42.9 Å². The van der Waals surface area contributed by atoms with Crippen LogP contribution in [0.2, 0.25) is 0 Å². The number of nitrogens with one attached hydrogen (secondary N) is 1. The second kappa shape index (κ2) is 8.13. The van der Waals surface area contributed by atoms with Crippen LogP contribution in [0.5, 0.6) is 0 Å². The summed E-state index contributed by atoms with van der Waals surface area (Å²) < 4.78 is 0. The molecule has 0 atom stereocenters. The lowest BCUT2D eigenvalue weighted by Gasteiger charge is -2.34. The number of aromatic nitrogens is 2. The van der Waals surface area contributed by atoms with E-state index in [1.165, 1.54) is 6.20 Å². The van der Waals surface area contributed by atoms with E-state index in [2.05, 4.69) is 20.2 Å². The number of anilines is 2. The number of carbonyl (C=O) groups excluding carboxylic acids is 2. The van der Waals surface area contributed by atoms with E-state index < -0.39 is 5.91 Å². The van der Waals surface area contributed by atoms with Crippen LogP contribution in [0.15, 0.2) is 30.6 Å². The minimum atomic E-state index is -0.592. The smallest absolute Gasteiger partial charge is 0.268 e. The molecule has 8 heteroatoms. The van der Waals surface area contributed by atoms with Gasteiger partial charge in [0.2, 0.25) is 5.91 Å². The summed E-state index contributed by atoms with van der Waals surface area (Å²) in [5.74, 6) is 0.0181. The Bertz CT molecular complexity index is 846. The molecule has 1 saturated heterocycles. The Labute approximate surface area is 158 Å². The largest absolute Gasteiger partial charge is 0.364 e. The van der Waals surface area contributed by atoms with Gasteiger partial charge in [-0.15, -0.1) is 0 Å². The molecule has 2 heterocycles. The molecule has 2 aromatic rings. The summed E-state index contributed by atoms with van der Waals surface area (Å²) in [5, 5.41) is 2.99. The fourth-order valence-corrected chi connectivity index (χ4v) is 3.04. The van der Waals surface area contributed by atoms with E-state index in [4.69, 9.17) is 5.73 Å². The van der Waals surface area contributed by atoms with Crippen LogP contribution in [0, 0.1) is 13.8 Å². The molecular weight excluding hydrogens is 344 g/mol. The summed E-state index contributed by atoms with van der Waals surface area (Å²) in [4.78, 5) is 36.0. The molecule has 1 aromatic heterocycles. The van der Waals surface area contributed by atoms with Crippen LogP contribution in [-0.2, 0) is 4.79 Å². The molecule has 1 fully saturated rings. The third-order valence-electron chi connectivity index (χ3n) is 4.82. The summed E-state index contributed by atoms with van der Waals surface area (Å²) in [6, 6.07) is 5.89. The van der Waals surface area contributed by atoms with E-state index in [1.807, 2.05) is 36.9 Å². The summed E-state index contributed by atoms with van der Waals surface area (Å²) in [6.07, 6.45) is 2.98. The maximum Gasteiger partial charge on any atom is 0.268 e. The maximum atomic E-state index is 12.4. The van der Waals surface area contributed by atoms with E-state index in [-0.39, 0.29) is 11.6 Å². The van der Waals surface area contributed by atoms with Crippen LogP contribution in [0.3, 0.4) is 0 Å². The minimum Gasteiger partial charge on any atom is -0.364 e. The summed E-state index contributed by atoms with van der Waals surface area (Å²) >= 11 is 0. The van der Waals surface area contributed by atoms with Crippen LogP contribution < -0.4 is 16.0 Å². The van der Waals surface area contributed by atoms with E-state index in [0.717, 1.165) is 29.9 Å². The summed E-state index contributed by atoms with van der Waals surface area (Å²) in [7, 11) is 0. The fraction of sp³-hybridized carbons (Fsp3) is 0.368. The van der Waals surface area contributed by atoms with Crippen molar-refractivity contribution in [2.45, 2.75) is 13.8 Å². The zero-order valence-corrected chi connectivity index (χ0v) is 15.6. The quantitative estimate of drug-likeness (QED) is 0.814. The first kappa shape index (κ1) is 18.8. The Kier molecular flexibility index (Phi) is 5.66. The number of nitrogens with zero attached hydrogens (tertiary/aromatic N) is 4. The third kappa shape index (κ3) is 4.59. The van der Waals surface area contributed by atoms with E-state index in [9.17, 15) is 9.59 Å². The standard InChI is InChI=1S/C19H24N6O2/c1-13-4-3-5-15(14(13)2)23-18(26)12-24-6-8-25(9-7-24)17-11-21-10-16(22-17)19(20)27/h3-5,10-11H,6-9,12H2,1-2H3,(H2,20,27)(H,23,26). The first-order valence-corrected chi connectivity index (χ1v) is 8.89. The van der Waals surface area contributed by atoms with Crippen molar-refractivity contribution in [2.24, 2.45) is 5.73 Å². The van der Waals surface area contributed by atoms with Gasteiger partial charge in [0.25, 0.3) is 5.91 Å². The van der Waals surface area contributed by atoms with Gasteiger partial charge in [0, 0.05) is 31.9 Å². The molecule has 2 amide bonds. The third-order valence-corrected chi connectivity index (χ3v) is 4.82. The second-order valence-electron chi connectivity index (χ2n) is 6.69. The van der Waals surface area contributed by atoms with E-state index in [1.54, 1.807) is 6.20 Å². The average molecular weight is 368 g/mol. The Morgan fingerprint density at radius 3 is 2.59 bits per heavy atom. The van der Waals surface area contributed by atoms with Crippen LogP contribution >= 0.6 is 0 Å². The normalized spacial score (nSPS) is 14.8. The number of amides is 2. The highest BCUT2D eigenvalue weighted by Gasteiger charge is 2.21. The lowest BCUT2D eigenvalue weighted by Crippen LogP contribution is -2.49. The van der Waals surface area contributed by atoms with Gasteiger partial charge in [-0.3, -0.25) is 19.5 Å². The molecule has 3 rings (SSSR count). The first-order chi connectivity index (χ1) is 12.9. The van der Waals surface area contributed by atoms with Crippen LogP contribution in [0.4, 0.5) is 11.5 Å². The number of primary amides is 1. The number of benzene rings is 1. The number of nitrogens with two attached hydrogens (primary N) is 1. The molecule has 8 nitrogen and oxygen atoms in total. The van der Waals surface area contributed by atoms with Gasteiger partial charge in [0.1, 0.15) is 11.5 Å². The molecule has 1 aromatic carbocycles. The number of rotatable bonds is 5. The molecule has 27 heavy (non-hydrogen) atoms. The maximum absolute atomic E-state index is 12.4. The van der Waals surface area contributed by atoms with E-state index in [0.29, 0.717) is 25.5 Å². The number of aryl methyl sites for hydroxylation is 1. The molecule has 142 valence electrons. The molecule has 0 bridgehead atoms. The molecule has 0 unspecified atom stereocenters. The predicted molar refractivity (Wildman–Crippen MR) is 104 cm³/mol. The van der Waals surface area contributed by atoms with Crippen molar-refractivity contribution in [3.63, 3.8) is 0 Å². The van der Waals surface area contributed by atoms with Crippen molar-refractivity contribution in [1.82, 2.24) is 14.9 Å². The lowest BCUT2D eigenvalue weighted by atomic mass is 10.1. The zero-order valence-electron chi connectivity index (χ0n) is 15.6. The monoisotopic (exact) mass is 368 g/mol. The molecule has 0 spiro atoms. The Morgan fingerprint density at radius 2 is 1.89 bits per heavy atom. The molecular formula is C19H24N6O2. The van der Waals surface area contributed by atoms with Crippen molar-refractivity contribution in [3.05, 3.63) is 47.4 Å². The number of carbonyl (C=O) groups is 2. The van der Waals surface area contributed by atoms with Crippen molar-refractivity contribution in [3.8, 4) is 0 Å². The van der Waals surface area contributed by atoms with Crippen LogP contribution in [0.1, 0.15) is 21.6 Å². The number of hydrogen-bond acceptors (Lipinski definition) is 6. The van der Waals surface area contributed by atoms with Gasteiger partial charge in [-0.05, 0) is 31.0 Å². The summed E-state index contributed by atoms with van der Waals surface area (Å²) in [5.41, 5.74) is 8.51. The van der Waals surface area contributed by atoms with Gasteiger partial charge >= 0.3 is 0 Å². The molecule has 0 aliphatic carbocycles. The van der Waals surface area contributed by atoms with E-state index >= 15 is 0 Å². The molecule has 1 aliphatic rings. The van der Waals surface area contributed by atoms with Gasteiger partial charge in [-0.25, -0.2) is 4.98 Å². The average Bonchev–Trinajstić information content (AvgIpc) is 2.66. The van der Waals surface area contributed by atoms with Crippen LogP contribution in [0.25, 0.3) is 0 Å². The number of hydrogen-bond donors (Lipinski definition) is 2. The number of piperazine rings is 1. The van der Waals surface area contributed by atoms with Gasteiger partial charge in [-0.1, -0.05) is 12.1 Å². The summed E-state index contributed by atoms with van der Waals surface area (Å²) in [6.45, 7) is 7.23. The highest BCUT2D eigenvalue weighted by Crippen LogP contribution is 2.18. The Hall–Kier alpha value is -3.00. The van der Waals surface area contributed by atoms with Crippen molar-refractivity contribution in [1.29, 1.82) is 0 Å². The van der Waals surface area contributed by atoms with Gasteiger partial charge in [-0.2, -0.15) is 0 Å². The first-order valence-electron chi connectivity index (χ1n) is 8.89. The van der Waals surface area contributed by atoms with Gasteiger partial charge in [0.15, 0.2) is 0 Å². The van der Waals surface area contributed by atoms with Crippen LogP contribution in [-0.4, -0.2) is 59.4 Å². The van der Waals surface area contributed by atoms with Crippen molar-refractivity contribution >= 4 is 23.3 Å². The van der Waals surface area contributed by atoms with Gasteiger partial charge in [0.05, 0.1) is 18.9 Å². The molecule has 3 N–H and O–H groups in total. The topological polar surface area (TPSA) is 104 Å². The second-order valence-corrected chi connectivity index (χ2v) is 6.69. The lowest BCUT2D eigenvalue weighted by molar-refractivity contribution is -0.117. The SMILES string of the molecule is Cc1cccc(NC(=O)CN2CCN(c3cncc(C(N)=O)n3)CC2)c1C. The minimum absolute atomic E-state index is 0.0207. The zero-order chi connectivity index (χ0) is 19.4. The Morgan fingerprint density at radius 1 is 1.15 bits per heavy atom. The highest BCUT2D eigenvalue weighted by atomic mass is 16.2. The van der Waals surface area contributed by atoms with Gasteiger partial charge < -0.3 is 16.0 Å². The fourth-order valence-electron chi connectivity index (χ4n) is 3.04. The Balaban J connectivity index is 1.53. The highest BCUT2D eigenvalue weighted by molar-refractivity contribution is 5.93. The predicted octanol–water partition coefficient (Wildman–Crippen LogP) is 0.953. The molecule has 0 radical (unpaired) electrons. The van der Waals surface area contributed by atoms with Crippen molar-refractivity contribution < 1.29 is 9.59 Å².